The number of hydrogen-bond acceptors (Lipinski definition) is 6. The van der Waals surface area contributed by atoms with E-state index in [0.717, 1.165) is 16.9 Å². The molecule has 2 heterocycles. The number of nitrogens with one attached hydrogen (secondary N) is 2. The third-order valence-corrected chi connectivity index (χ3v) is 7.20. The SMILES string of the molecule is NS(=O)(=O)c1ccc(CNC(=O)c2cccc(NC(=O)C3Cc4ccccc4O3)c2)s1. The molecule has 0 radical (unpaired) electrons. The Kier molecular flexibility index (Phi) is 5.77. The highest BCUT2D eigenvalue weighted by Crippen LogP contribution is 2.28. The summed E-state index contributed by atoms with van der Waals surface area (Å²) in [6.07, 6.45) is -0.134. The number of sulfonamides is 1. The summed E-state index contributed by atoms with van der Waals surface area (Å²) in [5.74, 6) is 0.0593. The Morgan fingerprint density at radius 2 is 1.90 bits per heavy atom. The lowest BCUT2D eigenvalue weighted by molar-refractivity contribution is -0.122. The van der Waals surface area contributed by atoms with Crippen LogP contribution in [-0.4, -0.2) is 26.3 Å². The Morgan fingerprint density at radius 1 is 1.10 bits per heavy atom. The van der Waals surface area contributed by atoms with Crippen LogP contribution in [0.5, 0.6) is 5.75 Å². The maximum absolute atomic E-state index is 12.6. The molecule has 0 bridgehead atoms. The molecule has 31 heavy (non-hydrogen) atoms. The fourth-order valence-electron chi connectivity index (χ4n) is 3.16. The zero-order valence-corrected chi connectivity index (χ0v) is 17.8. The number of nitrogens with two attached hydrogens (primary N) is 1. The summed E-state index contributed by atoms with van der Waals surface area (Å²) >= 11 is 0.999. The van der Waals surface area contributed by atoms with Gasteiger partial charge in [0, 0.05) is 22.5 Å². The maximum Gasteiger partial charge on any atom is 0.265 e. The van der Waals surface area contributed by atoms with Crippen LogP contribution >= 0.6 is 11.3 Å². The van der Waals surface area contributed by atoms with Crippen molar-refractivity contribution in [1.82, 2.24) is 5.32 Å². The van der Waals surface area contributed by atoms with Crippen molar-refractivity contribution in [2.24, 2.45) is 5.14 Å². The second-order valence-corrected chi connectivity index (χ2v) is 9.89. The normalized spacial score (nSPS) is 15.1. The van der Waals surface area contributed by atoms with Gasteiger partial charge in [0.1, 0.15) is 9.96 Å². The van der Waals surface area contributed by atoms with E-state index in [1.54, 1.807) is 30.3 Å². The van der Waals surface area contributed by atoms with Gasteiger partial charge in [-0.3, -0.25) is 9.59 Å². The smallest absolute Gasteiger partial charge is 0.265 e. The predicted octanol–water partition coefficient (Wildman–Crippen LogP) is 2.27. The van der Waals surface area contributed by atoms with Crippen LogP contribution in [0, 0.1) is 0 Å². The van der Waals surface area contributed by atoms with Crippen molar-refractivity contribution in [1.29, 1.82) is 0 Å². The third kappa shape index (κ3) is 4.93. The van der Waals surface area contributed by atoms with Crippen LogP contribution in [0.2, 0.25) is 0 Å². The molecule has 1 aliphatic heterocycles. The molecule has 2 amide bonds. The van der Waals surface area contributed by atoms with E-state index in [2.05, 4.69) is 10.6 Å². The molecule has 4 N–H and O–H groups in total. The van der Waals surface area contributed by atoms with E-state index < -0.39 is 16.1 Å². The van der Waals surface area contributed by atoms with Crippen molar-refractivity contribution in [2.75, 3.05) is 5.32 Å². The summed E-state index contributed by atoms with van der Waals surface area (Å²) in [7, 11) is -3.76. The highest BCUT2D eigenvalue weighted by molar-refractivity contribution is 7.91. The molecule has 0 saturated heterocycles. The molecule has 8 nitrogen and oxygen atoms in total. The van der Waals surface area contributed by atoms with Crippen LogP contribution in [0.3, 0.4) is 0 Å². The van der Waals surface area contributed by atoms with Crippen LogP contribution in [0.1, 0.15) is 20.8 Å². The Hall–Kier alpha value is -3.21. The lowest BCUT2D eigenvalue weighted by Crippen LogP contribution is -2.31. The number of thiophene rings is 1. The van der Waals surface area contributed by atoms with E-state index in [0.29, 0.717) is 28.3 Å². The van der Waals surface area contributed by atoms with Gasteiger partial charge in [0.2, 0.25) is 10.0 Å². The molecule has 1 aliphatic rings. The van der Waals surface area contributed by atoms with Gasteiger partial charge in [0.15, 0.2) is 6.10 Å². The van der Waals surface area contributed by atoms with E-state index in [1.165, 1.54) is 6.07 Å². The number of hydrogen-bond donors (Lipinski definition) is 3. The number of ether oxygens (including phenoxy) is 1. The molecule has 1 unspecified atom stereocenters. The number of primary sulfonamides is 1. The Bertz CT molecular complexity index is 1230. The first-order chi connectivity index (χ1) is 14.8. The second-order valence-electron chi connectivity index (χ2n) is 6.94. The van der Waals surface area contributed by atoms with Gasteiger partial charge in [-0.25, -0.2) is 13.6 Å². The molecule has 2 aromatic carbocycles. The lowest BCUT2D eigenvalue weighted by atomic mass is 10.1. The Balaban J connectivity index is 1.36. The van der Waals surface area contributed by atoms with E-state index in [9.17, 15) is 18.0 Å². The van der Waals surface area contributed by atoms with Crippen LogP contribution in [-0.2, 0) is 27.8 Å². The summed E-state index contributed by atoms with van der Waals surface area (Å²) in [4.78, 5) is 25.7. The molecule has 1 atom stereocenters. The van der Waals surface area contributed by atoms with Gasteiger partial charge >= 0.3 is 0 Å². The first-order valence-corrected chi connectivity index (χ1v) is 11.7. The summed E-state index contributed by atoms with van der Waals surface area (Å²) in [5, 5.41) is 10.6. The lowest BCUT2D eigenvalue weighted by Gasteiger charge is -2.12. The first-order valence-electron chi connectivity index (χ1n) is 9.35. The molecule has 0 spiro atoms. The Morgan fingerprint density at radius 3 is 2.65 bits per heavy atom. The zero-order valence-electron chi connectivity index (χ0n) is 16.2. The van der Waals surface area contributed by atoms with Gasteiger partial charge in [-0.05, 0) is 42.0 Å². The minimum atomic E-state index is -3.76. The van der Waals surface area contributed by atoms with Gasteiger partial charge in [0.05, 0.1) is 6.54 Å². The topological polar surface area (TPSA) is 128 Å². The Labute approximate surface area is 183 Å². The second kappa shape index (κ2) is 8.50. The zero-order chi connectivity index (χ0) is 22.0. The van der Waals surface area contributed by atoms with Crippen LogP contribution in [0.25, 0.3) is 0 Å². The van der Waals surface area contributed by atoms with Gasteiger partial charge in [-0.15, -0.1) is 11.3 Å². The fourth-order valence-corrected chi connectivity index (χ4v) is 4.88. The van der Waals surface area contributed by atoms with E-state index in [-0.39, 0.29) is 22.6 Å². The highest BCUT2D eigenvalue weighted by Gasteiger charge is 2.28. The fraction of sp³-hybridized carbons (Fsp3) is 0.143. The largest absolute Gasteiger partial charge is 0.480 e. The molecule has 0 fully saturated rings. The summed E-state index contributed by atoms with van der Waals surface area (Å²) in [6.45, 7) is 0.157. The number of amides is 2. The number of anilines is 1. The predicted molar refractivity (Wildman–Crippen MR) is 116 cm³/mol. The van der Waals surface area contributed by atoms with Crippen molar-refractivity contribution in [3.05, 3.63) is 76.7 Å². The van der Waals surface area contributed by atoms with Gasteiger partial charge in [-0.1, -0.05) is 24.3 Å². The summed E-state index contributed by atoms with van der Waals surface area (Å²) in [5.41, 5.74) is 1.82. The number of rotatable bonds is 6. The first kappa shape index (κ1) is 21.0. The monoisotopic (exact) mass is 457 g/mol. The average molecular weight is 458 g/mol. The number of benzene rings is 2. The molecule has 10 heteroatoms. The van der Waals surface area contributed by atoms with Crippen LogP contribution < -0.4 is 20.5 Å². The van der Waals surface area contributed by atoms with Crippen molar-refractivity contribution in [2.45, 2.75) is 23.3 Å². The van der Waals surface area contributed by atoms with Crippen molar-refractivity contribution >= 4 is 38.9 Å². The molecule has 160 valence electrons. The molecular formula is C21H19N3O5S2. The molecule has 4 rings (SSSR count). The van der Waals surface area contributed by atoms with Crippen LogP contribution in [0.15, 0.2) is 64.9 Å². The number of fused-ring (bicyclic) bond motifs is 1. The van der Waals surface area contributed by atoms with E-state index >= 15 is 0 Å². The standard InChI is InChI=1S/C21H19N3O5S2/c22-31(27,28)19-9-8-16(30-19)12-23-20(25)14-5-3-6-15(10-14)24-21(26)18-11-13-4-1-2-7-17(13)29-18/h1-10,18H,11-12H2,(H,23,25)(H,24,26)(H2,22,27,28). The third-order valence-electron chi connectivity index (χ3n) is 4.67. The van der Waals surface area contributed by atoms with Crippen molar-refractivity contribution in [3.63, 3.8) is 0 Å². The van der Waals surface area contributed by atoms with E-state index in [1.807, 2.05) is 24.3 Å². The molecule has 0 saturated carbocycles. The number of para-hydroxylation sites is 1. The molecular weight excluding hydrogens is 438 g/mol. The molecule has 0 aliphatic carbocycles. The van der Waals surface area contributed by atoms with Gasteiger partial charge < -0.3 is 15.4 Å². The molecule has 3 aromatic rings. The number of carbonyl (C=O) groups is 2. The average Bonchev–Trinajstić information content (AvgIpc) is 3.39. The van der Waals surface area contributed by atoms with E-state index in [4.69, 9.17) is 9.88 Å². The minimum absolute atomic E-state index is 0.0396. The van der Waals surface area contributed by atoms with Crippen molar-refractivity contribution in [3.8, 4) is 5.75 Å². The van der Waals surface area contributed by atoms with Crippen LogP contribution in [0.4, 0.5) is 5.69 Å². The number of carbonyl (C=O) groups excluding carboxylic acids is 2. The summed E-state index contributed by atoms with van der Waals surface area (Å²) < 4.78 is 28.4. The summed E-state index contributed by atoms with van der Waals surface area (Å²) in [6, 6.07) is 17.1. The van der Waals surface area contributed by atoms with Gasteiger partial charge in [0.25, 0.3) is 11.8 Å². The van der Waals surface area contributed by atoms with Gasteiger partial charge in [-0.2, -0.15) is 0 Å². The maximum atomic E-state index is 12.6. The van der Waals surface area contributed by atoms with Crippen molar-refractivity contribution < 1.29 is 22.7 Å². The highest BCUT2D eigenvalue weighted by atomic mass is 32.2. The quantitative estimate of drug-likeness (QED) is 0.523. The molecule has 1 aromatic heterocycles. The minimum Gasteiger partial charge on any atom is -0.480 e.